The molecule has 4 nitrogen and oxygen atoms in total. The first-order valence-electron chi connectivity index (χ1n) is 11.4. The van der Waals surface area contributed by atoms with Gasteiger partial charge in [-0.2, -0.15) is 0 Å². The fourth-order valence-corrected chi connectivity index (χ4v) is 12.4. The number of hydrogen-bond acceptors (Lipinski definition) is 3. The maximum absolute atomic E-state index is 13.1. The summed E-state index contributed by atoms with van der Waals surface area (Å²) in [5.41, 5.74) is 1.07. The van der Waals surface area contributed by atoms with Crippen LogP contribution in [-0.2, 0) is 15.7 Å². The van der Waals surface area contributed by atoms with Crippen molar-refractivity contribution in [2.24, 2.45) is 5.41 Å². The maximum atomic E-state index is 13.1. The van der Waals surface area contributed by atoms with Crippen LogP contribution in [0.15, 0.2) is 91.0 Å². The topological polar surface area (TPSA) is 47.6 Å². The van der Waals surface area contributed by atoms with E-state index < -0.39 is 18.2 Å². The molecular formula is C28H34NO3P. The van der Waals surface area contributed by atoms with Crippen LogP contribution in [0.3, 0.4) is 0 Å². The number of carbonyl (C=O) groups excluding carboxylic acids is 1. The van der Waals surface area contributed by atoms with Crippen LogP contribution in [0.4, 0.5) is 4.79 Å². The summed E-state index contributed by atoms with van der Waals surface area (Å²) < 4.78 is 12.4. The molecule has 0 saturated carbocycles. The second-order valence-electron chi connectivity index (χ2n) is 10.2. The van der Waals surface area contributed by atoms with Gasteiger partial charge in [-0.25, -0.2) is 0 Å². The Bertz CT molecular complexity index is 1070. The van der Waals surface area contributed by atoms with E-state index in [1.807, 2.05) is 42.5 Å². The fourth-order valence-electron chi connectivity index (χ4n) is 5.75. The van der Waals surface area contributed by atoms with Gasteiger partial charge in [0.1, 0.15) is 0 Å². The summed E-state index contributed by atoms with van der Waals surface area (Å²) in [6.45, 7) is 5.12. The Labute approximate surface area is 197 Å². The molecule has 1 amide bonds. The molecule has 3 aromatic rings. The normalized spacial score (nSPS) is 24.5. The molecule has 174 valence electrons. The Balaban J connectivity index is 2.09. The van der Waals surface area contributed by atoms with Crippen LogP contribution in [0.5, 0.6) is 0 Å². The molecule has 3 aromatic carbocycles. The van der Waals surface area contributed by atoms with Crippen LogP contribution in [0, 0.1) is 5.41 Å². The van der Waals surface area contributed by atoms with Gasteiger partial charge in [0.25, 0.3) is 0 Å². The van der Waals surface area contributed by atoms with Crippen molar-refractivity contribution < 1.29 is 14.1 Å². The van der Waals surface area contributed by atoms with E-state index in [9.17, 15) is 4.79 Å². The van der Waals surface area contributed by atoms with E-state index in [2.05, 4.69) is 81.3 Å². The van der Waals surface area contributed by atoms with Crippen molar-refractivity contribution in [3.05, 3.63) is 96.6 Å². The van der Waals surface area contributed by atoms with Crippen LogP contribution in [0.1, 0.15) is 33.3 Å². The van der Waals surface area contributed by atoms with Gasteiger partial charge < -0.3 is 0 Å². The average Bonchev–Trinajstić information content (AvgIpc) is 2.82. The fraction of sp³-hybridized carbons (Fsp3) is 0.321. The summed E-state index contributed by atoms with van der Waals surface area (Å²) in [6, 6.07) is 30.9. The minimum absolute atomic E-state index is 0.0968. The SMILES string of the molecule is COC(=O)NP1(c2ccccc2)(c2ccccc2)OC(C(C)(C)C)C1(C)Cc1ccccc1. The van der Waals surface area contributed by atoms with E-state index in [-0.39, 0.29) is 11.5 Å². The van der Waals surface area contributed by atoms with Gasteiger partial charge in [-0.3, -0.25) is 0 Å². The molecule has 0 aromatic heterocycles. The molecule has 0 aliphatic carbocycles. The molecule has 1 fully saturated rings. The van der Waals surface area contributed by atoms with Crippen LogP contribution in [-0.4, -0.2) is 24.5 Å². The van der Waals surface area contributed by atoms with Crippen molar-refractivity contribution in [3.63, 3.8) is 0 Å². The van der Waals surface area contributed by atoms with E-state index in [1.54, 1.807) is 0 Å². The van der Waals surface area contributed by atoms with E-state index in [4.69, 9.17) is 9.26 Å². The summed E-state index contributed by atoms with van der Waals surface area (Å²) in [6.07, 6.45) is 0.175. The second-order valence-corrected chi connectivity index (χ2v) is 14.7. The molecule has 1 aliphatic rings. The third kappa shape index (κ3) is 3.39. The zero-order chi connectivity index (χ0) is 23.8. The van der Waals surface area contributed by atoms with Crippen molar-refractivity contribution in [2.75, 3.05) is 7.11 Å². The van der Waals surface area contributed by atoms with Gasteiger partial charge in [-0.05, 0) is 0 Å². The van der Waals surface area contributed by atoms with Crippen LogP contribution < -0.4 is 15.7 Å². The summed E-state index contributed by atoms with van der Waals surface area (Å²) in [4.78, 5) is 13.1. The van der Waals surface area contributed by atoms with E-state index in [0.29, 0.717) is 0 Å². The molecule has 2 unspecified atom stereocenters. The van der Waals surface area contributed by atoms with Gasteiger partial charge in [-0.1, -0.05) is 0 Å². The van der Waals surface area contributed by atoms with Gasteiger partial charge >= 0.3 is 197 Å². The Morgan fingerprint density at radius 1 is 0.909 bits per heavy atom. The molecular weight excluding hydrogens is 429 g/mol. The van der Waals surface area contributed by atoms with Gasteiger partial charge in [0.15, 0.2) is 0 Å². The molecule has 1 heterocycles. The van der Waals surface area contributed by atoms with Crippen LogP contribution in [0.25, 0.3) is 0 Å². The summed E-state index contributed by atoms with van der Waals surface area (Å²) in [7, 11) is 1.41. The van der Waals surface area contributed by atoms with Crippen molar-refractivity contribution >= 4 is 23.7 Å². The first-order chi connectivity index (χ1) is 15.7. The minimum atomic E-state index is -3.79. The van der Waals surface area contributed by atoms with Crippen molar-refractivity contribution in [1.29, 1.82) is 0 Å². The van der Waals surface area contributed by atoms with Gasteiger partial charge in [0.05, 0.1) is 0 Å². The van der Waals surface area contributed by atoms with Crippen molar-refractivity contribution in [2.45, 2.75) is 45.4 Å². The number of hydrogen-bond donors (Lipinski definition) is 1. The summed E-state index contributed by atoms with van der Waals surface area (Å²) in [5.74, 6) is 0. The first-order valence-corrected chi connectivity index (χ1v) is 13.5. The van der Waals surface area contributed by atoms with Crippen LogP contribution >= 0.6 is 6.98 Å². The average molecular weight is 464 g/mol. The zero-order valence-electron chi connectivity index (χ0n) is 20.1. The number of amides is 1. The number of methoxy groups -OCH3 is 1. The quantitative estimate of drug-likeness (QED) is 0.485. The molecule has 5 heteroatoms. The van der Waals surface area contributed by atoms with E-state index in [1.165, 1.54) is 12.7 Å². The number of carbonyl (C=O) groups is 1. The Morgan fingerprint density at radius 2 is 1.36 bits per heavy atom. The molecule has 33 heavy (non-hydrogen) atoms. The molecule has 1 aliphatic heterocycles. The molecule has 1 saturated heterocycles. The van der Waals surface area contributed by atoms with Gasteiger partial charge in [0.2, 0.25) is 0 Å². The molecule has 0 spiro atoms. The number of benzene rings is 3. The van der Waals surface area contributed by atoms with Gasteiger partial charge in [0, 0.05) is 0 Å². The summed E-state index contributed by atoms with van der Waals surface area (Å²) >= 11 is 0. The Morgan fingerprint density at radius 3 is 1.79 bits per heavy atom. The summed E-state index contributed by atoms with van der Waals surface area (Å²) in [5, 5.41) is 4.96. The zero-order valence-corrected chi connectivity index (χ0v) is 21.0. The predicted octanol–water partition coefficient (Wildman–Crippen LogP) is 5.82. The Hall–Kier alpha value is -2.68. The number of nitrogens with one attached hydrogen (secondary N) is 1. The van der Waals surface area contributed by atoms with Gasteiger partial charge in [-0.15, -0.1) is 0 Å². The van der Waals surface area contributed by atoms with Crippen LogP contribution in [0.2, 0.25) is 0 Å². The third-order valence-corrected chi connectivity index (χ3v) is 13.2. The molecule has 0 radical (unpaired) electrons. The van der Waals surface area contributed by atoms with E-state index >= 15 is 0 Å². The molecule has 2 atom stereocenters. The number of rotatable bonds is 5. The molecule has 0 bridgehead atoms. The standard InChI is InChI=1S/C28H34NO3P/c1-27(2,3)25-28(4,21-22-15-9-6-10-16-22)33(32-25,29-26(30)31-5,23-17-11-7-12-18-23)24-19-13-8-14-20-24/h6-20,25H,21H2,1-5H3,(H,29,30). The molecule has 1 N–H and O–H groups in total. The van der Waals surface area contributed by atoms with Crippen molar-refractivity contribution in [1.82, 2.24) is 5.09 Å². The third-order valence-electron chi connectivity index (χ3n) is 7.04. The van der Waals surface area contributed by atoms with E-state index in [0.717, 1.165) is 17.0 Å². The molecule has 4 rings (SSSR count). The Kier molecular flexibility index (Phi) is 5.88. The number of ether oxygens (including phenoxy) is 1. The van der Waals surface area contributed by atoms with Crippen molar-refractivity contribution in [3.8, 4) is 0 Å². The second kappa shape index (κ2) is 8.27. The monoisotopic (exact) mass is 463 g/mol. The predicted molar refractivity (Wildman–Crippen MR) is 137 cm³/mol. The first kappa shape index (κ1) is 23.5.